The first kappa shape index (κ1) is 14.9. The van der Waals surface area contributed by atoms with E-state index in [9.17, 15) is 19.1 Å². The number of hydrogen-bond donors (Lipinski definition) is 1. The maximum atomic E-state index is 13.9. The number of halogens is 1. The van der Waals surface area contributed by atoms with Crippen LogP contribution in [-0.2, 0) is 9.53 Å². The van der Waals surface area contributed by atoms with Crippen molar-refractivity contribution in [2.75, 3.05) is 19.8 Å². The number of hydrogen-bond acceptors (Lipinski definition) is 4. The molecular formula is C15H14FNO4S. The molecule has 116 valence electrons. The summed E-state index contributed by atoms with van der Waals surface area (Å²) in [7, 11) is 0. The van der Waals surface area contributed by atoms with Gasteiger partial charge < -0.3 is 14.7 Å². The molecule has 22 heavy (non-hydrogen) atoms. The minimum atomic E-state index is -1.10. The molecule has 1 aliphatic rings. The average molecular weight is 323 g/mol. The van der Waals surface area contributed by atoms with Crippen LogP contribution >= 0.6 is 11.3 Å². The van der Waals surface area contributed by atoms with Gasteiger partial charge in [-0.25, -0.2) is 9.18 Å². The molecule has 7 heteroatoms. The van der Waals surface area contributed by atoms with Gasteiger partial charge in [0.25, 0.3) is 5.91 Å². The van der Waals surface area contributed by atoms with Crippen LogP contribution in [0, 0.1) is 12.7 Å². The van der Waals surface area contributed by atoms with E-state index < -0.39 is 12.0 Å². The smallest absolute Gasteiger partial charge is 0.328 e. The number of ether oxygens (including phenoxy) is 1. The highest BCUT2D eigenvalue weighted by Crippen LogP contribution is 2.33. The number of fused-ring (bicyclic) bond motifs is 1. The van der Waals surface area contributed by atoms with E-state index >= 15 is 0 Å². The van der Waals surface area contributed by atoms with Gasteiger partial charge in [-0.3, -0.25) is 4.79 Å². The van der Waals surface area contributed by atoms with Crippen molar-refractivity contribution in [3.05, 3.63) is 34.5 Å². The molecule has 1 aromatic carbocycles. The first-order valence-corrected chi connectivity index (χ1v) is 7.61. The van der Waals surface area contributed by atoms with E-state index in [2.05, 4.69) is 0 Å². The molecular weight excluding hydrogens is 309 g/mol. The van der Waals surface area contributed by atoms with Crippen molar-refractivity contribution < 1.29 is 23.8 Å². The Labute approximate surface area is 129 Å². The Kier molecular flexibility index (Phi) is 3.84. The summed E-state index contributed by atoms with van der Waals surface area (Å²) in [6.45, 7) is 2.17. The Hall–Kier alpha value is -1.99. The number of amides is 1. The fourth-order valence-electron chi connectivity index (χ4n) is 2.64. The third-order valence-electron chi connectivity index (χ3n) is 3.77. The van der Waals surface area contributed by atoms with Crippen LogP contribution in [0.1, 0.15) is 15.2 Å². The Bertz CT molecular complexity index is 757. The van der Waals surface area contributed by atoms with Crippen molar-refractivity contribution in [1.82, 2.24) is 4.90 Å². The van der Waals surface area contributed by atoms with E-state index in [-0.39, 0.29) is 24.9 Å². The number of thiophene rings is 1. The molecule has 1 atom stereocenters. The largest absolute Gasteiger partial charge is 0.480 e. The monoisotopic (exact) mass is 323 g/mol. The lowest BCUT2D eigenvalue weighted by molar-refractivity contribution is -0.147. The van der Waals surface area contributed by atoms with Gasteiger partial charge in [0.1, 0.15) is 5.82 Å². The number of aliphatic carboxylic acids is 1. The third kappa shape index (κ3) is 2.36. The highest BCUT2D eigenvalue weighted by molar-refractivity contribution is 7.21. The molecule has 3 rings (SSSR count). The minimum Gasteiger partial charge on any atom is -0.480 e. The zero-order valence-corrected chi connectivity index (χ0v) is 12.7. The quantitative estimate of drug-likeness (QED) is 0.921. The van der Waals surface area contributed by atoms with Crippen LogP contribution < -0.4 is 0 Å². The number of morpholine rings is 1. The summed E-state index contributed by atoms with van der Waals surface area (Å²) < 4.78 is 19.8. The predicted octanol–water partition coefficient (Wildman–Crippen LogP) is 2.27. The highest BCUT2D eigenvalue weighted by atomic mass is 32.1. The fourth-order valence-corrected chi connectivity index (χ4v) is 3.82. The van der Waals surface area contributed by atoms with E-state index in [0.29, 0.717) is 27.1 Å². The lowest BCUT2D eigenvalue weighted by atomic mass is 10.1. The molecule has 1 aliphatic heterocycles. The van der Waals surface area contributed by atoms with E-state index in [1.165, 1.54) is 22.3 Å². The van der Waals surface area contributed by atoms with Gasteiger partial charge in [0.05, 0.1) is 18.1 Å². The second-order valence-electron chi connectivity index (χ2n) is 5.10. The van der Waals surface area contributed by atoms with Crippen LogP contribution in [0.5, 0.6) is 0 Å². The number of carboxylic acids is 1. The fraction of sp³-hybridized carbons (Fsp3) is 0.333. The Balaban J connectivity index is 2.03. The number of nitrogens with zero attached hydrogens (tertiary/aromatic N) is 1. The molecule has 0 radical (unpaired) electrons. The van der Waals surface area contributed by atoms with Crippen molar-refractivity contribution in [1.29, 1.82) is 0 Å². The van der Waals surface area contributed by atoms with E-state index in [4.69, 9.17) is 4.74 Å². The van der Waals surface area contributed by atoms with Crippen LogP contribution in [0.25, 0.3) is 10.1 Å². The van der Waals surface area contributed by atoms with Gasteiger partial charge in [-0.1, -0.05) is 6.07 Å². The summed E-state index contributed by atoms with van der Waals surface area (Å²) in [5, 5.41) is 9.65. The Morgan fingerprint density at radius 1 is 1.45 bits per heavy atom. The molecule has 2 heterocycles. The third-order valence-corrected chi connectivity index (χ3v) is 5.02. The van der Waals surface area contributed by atoms with Gasteiger partial charge in [-0.15, -0.1) is 11.3 Å². The lowest BCUT2D eigenvalue weighted by Crippen LogP contribution is -2.52. The van der Waals surface area contributed by atoms with Crippen molar-refractivity contribution in [2.24, 2.45) is 0 Å². The van der Waals surface area contributed by atoms with Gasteiger partial charge in [0.2, 0.25) is 0 Å². The molecule has 0 aliphatic carbocycles. The zero-order valence-electron chi connectivity index (χ0n) is 11.8. The summed E-state index contributed by atoms with van der Waals surface area (Å²) in [5.74, 6) is -1.85. The number of carbonyl (C=O) groups is 2. The lowest BCUT2D eigenvalue weighted by Gasteiger charge is -2.32. The van der Waals surface area contributed by atoms with Crippen LogP contribution in [0.3, 0.4) is 0 Å². The average Bonchev–Trinajstić information content (AvgIpc) is 2.85. The summed E-state index contributed by atoms with van der Waals surface area (Å²) in [5.41, 5.74) is 0.554. The van der Waals surface area contributed by atoms with Crippen molar-refractivity contribution in [3.8, 4) is 0 Å². The molecule has 1 amide bonds. The molecule has 0 unspecified atom stereocenters. The number of rotatable bonds is 2. The normalized spacial score (nSPS) is 18.6. The SMILES string of the molecule is Cc1c(C(=O)N2CCOC[C@H]2C(=O)O)sc2cccc(F)c12. The molecule has 0 bridgehead atoms. The van der Waals surface area contributed by atoms with Gasteiger partial charge in [-0.05, 0) is 24.6 Å². The molecule has 0 spiro atoms. The first-order valence-electron chi connectivity index (χ1n) is 6.80. The van der Waals surface area contributed by atoms with Crippen LogP contribution in [-0.4, -0.2) is 47.7 Å². The van der Waals surface area contributed by atoms with E-state index in [1.54, 1.807) is 19.1 Å². The summed E-state index contributed by atoms with van der Waals surface area (Å²) in [6.07, 6.45) is 0. The van der Waals surface area contributed by atoms with E-state index in [1.807, 2.05) is 0 Å². The molecule has 1 aromatic heterocycles. The Morgan fingerprint density at radius 2 is 2.23 bits per heavy atom. The standard InChI is InChI=1S/C15H14FNO4S/c1-8-12-9(16)3-2-4-11(12)22-13(8)14(18)17-5-6-21-7-10(17)15(19)20/h2-4,10H,5-7H2,1H3,(H,19,20)/t10-/m0/s1. The van der Waals surface area contributed by atoms with Gasteiger partial charge in [-0.2, -0.15) is 0 Å². The number of benzene rings is 1. The highest BCUT2D eigenvalue weighted by Gasteiger charge is 2.34. The maximum Gasteiger partial charge on any atom is 0.328 e. The van der Waals surface area contributed by atoms with Crippen molar-refractivity contribution in [3.63, 3.8) is 0 Å². The zero-order chi connectivity index (χ0) is 15.9. The van der Waals surface area contributed by atoms with Crippen LogP contribution in [0.15, 0.2) is 18.2 Å². The van der Waals surface area contributed by atoms with Gasteiger partial charge >= 0.3 is 5.97 Å². The number of carboxylic acid groups (broad SMARTS) is 1. The van der Waals surface area contributed by atoms with Gasteiger partial charge in [0.15, 0.2) is 6.04 Å². The van der Waals surface area contributed by atoms with Crippen LogP contribution in [0.4, 0.5) is 4.39 Å². The molecule has 1 N–H and O–H groups in total. The van der Waals surface area contributed by atoms with Crippen molar-refractivity contribution in [2.45, 2.75) is 13.0 Å². The molecule has 5 nitrogen and oxygen atoms in total. The summed E-state index contributed by atoms with van der Waals surface area (Å²) >= 11 is 1.19. The Morgan fingerprint density at radius 3 is 2.91 bits per heavy atom. The number of aryl methyl sites for hydroxylation is 1. The number of carbonyl (C=O) groups excluding carboxylic acids is 1. The molecule has 1 fully saturated rings. The second-order valence-corrected chi connectivity index (χ2v) is 6.15. The second kappa shape index (κ2) is 5.66. The van der Waals surface area contributed by atoms with Crippen molar-refractivity contribution >= 4 is 33.3 Å². The predicted molar refractivity (Wildman–Crippen MR) is 79.8 cm³/mol. The summed E-state index contributed by atoms with van der Waals surface area (Å²) in [6, 6.07) is 3.69. The summed E-state index contributed by atoms with van der Waals surface area (Å²) in [4.78, 5) is 25.7. The first-order chi connectivity index (χ1) is 10.5. The van der Waals surface area contributed by atoms with Crippen LogP contribution in [0.2, 0.25) is 0 Å². The van der Waals surface area contributed by atoms with Gasteiger partial charge in [0, 0.05) is 16.6 Å². The topological polar surface area (TPSA) is 66.8 Å². The van der Waals surface area contributed by atoms with E-state index in [0.717, 1.165) is 0 Å². The molecule has 1 saturated heterocycles. The molecule has 2 aromatic rings. The molecule has 0 saturated carbocycles. The minimum absolute atomic E-state index is 0.0284. The maximum absolute atomic E-state index is 13.9.